The van der Waals surface area contributed by atoms with E-state index in [2.05, 4.69) is 9.88 Å². The van der Waals surface area contributed by atoms with Crippen molar-refractivity contribution in [2.45, 2.75) is 31.1 Å². The second-order valence-electron chi connectivity index (χ2n) is 6.44. The molecule has 120 valence electrons. The Balaban J connectivity index is 1.92. The van der Waals surface area contributed by atoms with Crippen LogP contribution in [0.4, 0.5) is 5.82 Å². The first kappa shape index (κ1) is 15.6. The fraction of sp³-hybridized carbons (Fsp3) is 0.235. The molecular formula is C17H18N2O3S. The van der Waals surface area contributed by atoms with Crippen molar-refractivity contribution in [2.75, 3.05) is 4.72 Å². The van der Waals surface area contributed by atoms with Gasteiger partial charge in [-0.15, -0.1) is 0 Å². The van der Waals surface area contributed by atoms with Crippen LogP contribution in [0.25, 0.3) is 10.8 Å². The second-order valence-corrected chi connectivity index (χ2v) is 8.12. The number of aromatic nitrogens is 1. The number of hydrogen-bond acceptors (Lipinski definition) is 4. The van der Waals surface area contributed by atoms with Gasteiger partial charge in [0.2, 0.25) is 0 Å². The third kappa shape index (κ3) is 3.22. The van der Waals surface area contributed by atoms with Crippen LogP contribution in [0.15, 0.2) is 57.9 Å². The van der Waals surface area contributed by atoms with E-state index in [0.717, 1.165) is 10.8 Å². The maximum absolute atomic E-state index is 12.5. The van der Waals surface area contributed by atoms with Crippen molar-refractivity contribution in [3.05, 3.63) is 54.3 Å². The average molecular weight is 330 g/mol. The molecule has 0 amide bonds. The lowest BCUT2D eigenvalue weighted by atomic mass is 9.93. The predicted molar refractivity (Wildman–Crippen MR) is 90.0 cm³/mol. The van der Waals surface area contributed by atoms with Crippen LogP contribution in [0.1, 0.15) is 26.5 Å². The van der Waals surface area contributed by atoms with Crippen molar-refractivity contribution in [1.29, 1.82) is 0 Å². The molecule has 3 rings (SSSR count). The quantitative estimate of drug-likeness (QED) is 0.790. The minimum absolute atomic E-state index is 0.183. The summed E-state index contributed by atoms with van der Waals surface area (Å²) in [6.07, 6.45) is 0. The number of benzene rings is 2. The molecule has 0 bridgehead atoms. The van der Waals surface area contributed by atoms with Gasteiger partial charge in [-0.1, -0.05) is 56.3 Å². The number of hydrogen-bond donors (Lipinski definition) is 1. The largest absolute Gasteiger partial charge is 0.359 e. The number of nitrogens with zero attached hydrogens (tertiary/aromatic N) is 1. The van der Waals surface area contributed by atoms with E-state index in [4.69, 9.17) is 4.52 Å². The van der Waals surface area contributed by atoms with Gasteiger partial charge in [-0.3, -0.25) is 4.72 Å². The Morgan fingerprint density at radius 3 is 2.35 bits per heavy atom. The van der Waals surface area contributed by atoms with E-state index < -0.39 is 10.0 Å². The van der Waals surface area contributed by atoms with Crippen molar-refractivity contribution >= 4 is 26.6 Å². The van der Waals surface area contributed by atoms with Crippen LogP contribution in [-0.4, -0.2) is 13.6 Å². The highest BCUT2D eigenvalue weighted by Gasteiger charge is 2.22. The van der Waals surface area contributed by atoms with Gasteiger partial charge in [-0.25, -0.2) is 8.42 Å². The van der Waals surface area contributed by atoms with Crippen molar-refractivity contribution < 1.29 is 12.9 Å². The molecule has 0 radical (unpaired) electrons. The van der Waals surface area contributed by atoms with E-state index in [1.807, 2.05) is 45.0 Å². The number of anilines is 1. The molecule has 0 saturated carbocycles. The van der Waals surface area contributed by atoms with Gasteiger partial charge in [0.05, 0.1) is 4.90 Å². The highest BCUT2D eigenvalue weighted by atomic mass is 32.2. The summed E-state index contributed by atoms with van der Waals surface area (Å²) in [5.74, 6) is 0.803. The molecule has 0 atom stereocenters. The van der Waals surface area contributed by atoms with Crippen LogP contribution in [0.3, 0.4) is 0 Å². The Bertz CT molecular complexity index is 953. The predicted octanol–water partition coefficient (Wildman–Crippen LogP) is 3.93. The molecule has 0 saturated heterocycles. The molecule has 0 aliphatic rings. The molecule has 0 aliphatic carbocycles. The molecule has 1 heterocycles. The summed E-state index contributed by atoms with van der Waals surface area (Å²) in [5, 5.41) is 5.65. The molecular weight excluding hydrogens is 312 g/mol. The first-order valence-electron chi connectivity index (χ1n) is 7.24. The van der Waals surface area contributed by atoms with Gasteiger partial charge in [-0.05, 0) is 22.9 Å². The van der Waals surface area contributed by atoms with Gasteiger partial charge in [0.25, 0.3) is 10.0 Å². The van der Waals surface area contributed by atoms with Gasteiger partial charge in [-0.2, -0.15) is 0 Å². The van der Waals surface area contributed by atoms with Gasteiger partial charge < -0.3 is 4.52 Å². The maximum Gasteiger partial charge on any atom is 0.263 e. The first-order valence-corrected chi connectivity index (χ1v) is 8.73. The third-order valence-electron chi connectivity index (χ3n) is 3.52. The zero-order valence-corrected chi connectivity index (χ0v) is 14.0. The van der Waals surface area contributed by atoms with Crippen LogP contribution in [0, 0.1) is 0 Å². The highest BCUT2D eigenvalue weighted by Crippen LogP contribution is 2.26. The molecule has 5 nitrogen and oxygen atoms in total. The zero-order chi connectivity index (χ0) is 16.7. The number of sulfonamides is 1. The summed E-state index contributed by atoms with van der Waals surface area (Å²) in [7, 11) is -3.71. The van der Waals surface area contributed by atoms with E-state index in [1.165, 1.54) is 0 Å². The number of rotatable bonds is 3. The maximum atomic E-state index is 12.5. The Morgan fingerprint density at radius 1 is 1.00 bits per heavy atom. The van der Waals surface area contributed by atoms with Gasteiger partial charge in [0.15, 0.2) is 5.82 Å². The average Bonchev–Trinajstić information content (AvgIpc) is 2.94. The Labute approximate surface area is 135 Å². The van der Waals surface area contributed by atoms with Crippen LogP contribution in [0.2, 0.25) is 0 Å². The topological polar surface area (TPSA) is 72.2 Å². The molecule has 0 spiro atoms. The minimum Gasteiger partial charge on any atom is -0.359 e. The fourth-order valence-corrected chi connectivity index (χ4v) is 3.23. The van der Waals surface area contributed by atoms with Gasteiger partial charge in [0.1, 0.15) is 5.76 Å². The van der Waals surface area contributed by atoms with E-state index in [1.54, 1.807) is 24.3 Å². The molecule has 3 aromatic rings. The molecule has 1 N–H and O–H groups in total. The lowest BCUT2D eigenvalue weighted by Crippen LogP contribution is -2.13. The molecule has 0 aliphatic heterocycles. The summed E-state index contributed by atoms with van der Waals surface area (Å²) in [5.41, 5.74) is -0.236. The van der Waals surface area contributed by atoms with Crippen LogP contribution < -0.4 is 4.72 Å². The molecule has 1 aromatic heterocycles. The number of nitrogens with one attached hydrogen (secondary N) is 1. The van der Waals surface area contributed by atoms with Crippen molar-refractivity contribution in [3.8, 4) is 0 Å². The third-order valence-corrected chi connectivity index (χ3v) is 4.87. The normalized spacial score (nSPS) is 12.5. The minimum atomic E-state index is -3.71. The molecule has 0 fully saturated rings. The summed E-state index contributed by atoms with van der Waals surface area (Å²) in [6, 6.07) is 14.2. The van der Waals surface area contributed by atoms with E-state index in [0.29, 0.717) is 5.76 Å². The number of fused-ring (bicyclic) bond motifs is 1. The van der Waals surface area contributed by atoms with E-state index >= 15 is 0 Å². The zero-order valence-electron chi connectivity index (χ0n) is 13.2. The SMILES string of the molecule is CC(C)(C)c1cc(NS(=O)(=O)c2ccc3ccccc3c2)no1. The van der Waals surface area contributed by atoms with Crippen molar-refractivity contribution in [3.63, 3.8) is 0 Å². The van der Waals surface area contributed by atoms with Crippen LogP contribution >= 0.6 is 0 Å². The Kier molecular flexibility index (Phi) is 3.64. The lowest BCUT2D eigenvalue weighted by molar-refractivity contribution is 0.331. The monoisotopic (exact) mass is 330 g/mol. The standard InChI is InChI=1S/C17H18N2O3S/c1-17(2,3)15-11-16(18-22-15)19-23(20,21)14-9-8-12-6-4-5-7-13(12)10-14/h4-11H,1-3H3,(H,18,19). The molecule has 2 aromatic carbocycles. The lowest BCUT2D eigenvalue weighted by Gasteiger charge is -2.12. The summed E-state index contributed by atoms with van der Waals surface area (Å²) < 4.78 is 32.7. The van der Waals surface area contributed by atoms with Crippen molar-refractivity contribution in [2.24, 2.45) is 0 Å². The highest BCUT2D eigenvalue weighted by molar-refractivity contribution is 7.92. The first-order chi connectivity index (χ1) is 10.8. The van der Waals surface area contributed by atoms with Gasteiger partial charge in [0, 0.05) is 11.5 Å². The van der Waals surface area contributed by atoms with E-state index in [-0.39, 0.29) is 16.1 Å². The van der Waals surface area contributed by atoms with Crippen LogP contribution in [-0.2, 0) is 15.4 Å². The molecule has 0 unspecified atom stereocenters. The Hall–Kier alpha value is -2.34. The van der Waals surface area contributed by atoms with Crippen molar-refractivity contribution in [1.82, 2.24) is 5.16 Å². The molecule has 6 heteroatoms. The smallest absolute Gasteiger partial charge is 0.263 e. The fourth-order valence-electron chi connectivity index (χ4n) is 2.21. The molecule has 23 heavy (non-hydrogen) atoms. The second kappa shape index (κ2) is 5.38. The van der Waals surface area contributed by atoms with Gasteiger partial charge >= 0.3 is 0 Å². The van der Waals surface area contributed by atoms with Crippen LogP contribution in [0.5, 0.6) is 0 Å². The Morgan fingerprint density at radius 2 is 1.70 bits per heavy atom. The summed E-state index contributed by atoms with van der Waals surface area (Å²) >= 11 is 0. The summed E-state index contributed by atoms with van der Waals surface area (Å²) in [6.45, 7) is 5.90. The van der Waals surface area contributed by atoms with E-state index in [9.17, 15) is 8.42 Å². The summed E-state index contributed by atoms with van der Waals surface area (Å²) in [4.78, 5) is 0.191.